The van der Waals surface area contributed by atoms with Crippen LogP contribution in [0.25, 0.3) is 0 Å². The smallest absolute Gasteiger partial charge is 0.272 e. The molecule has 0 aliphatic heterocycles. The highest BCUT2D eigenvalue weighted by Gasteiger charge is 2.09. The lowest BCUT2D eigenvalue weighted by Crippen LogP contribution is -2.22. The molecular weight excluding hydrogens is 222 g/mol. The van der Waals surface area contributed by atoms with Gasteiger partial charge in [0.25, 0.3) is 5.91 Å². The van der Waals surface area contributed by atoms with E-state index in [1.165, 1.54) is 4.90 Å². The van der Waals surface area contributed by atoms with Crippen molar-refractivity contribution in [1.29, 1.82) is 0 Å². The normalized spacial score (nSPS) is 9.94. The fraction of sp³-hybridized carbons (Fsp3) is 0.455. The van der Waals surface area contributed by atoms with Gasteiger partial charge in [-0.05, 0) is 18.4 Å². The van der Waals surface area contributed by atoms with Gasteiger partial charge >= 0.3 is 0 Å². The molecule has 88 valence electrons. The molecule has 1 aromatic rings. The predicted octanol–water partition coefficient (Wildman–Crippen LogP) is 1.56. The second-order valence-corrected chi connectivity index (χ2v) is 4.53. The number of rotatable bonds is 5. The van der Waals surface area contributed by atoms with Crippen LogP contribution in [0, 0.1) is 0 Å². The van der Waals surface area contributed by atoms with E-state index < -0.39 is 0 Å². The van der Waals surface area contributed by atoms with Crippen LogP contribution >= 0.6 is 11.8 Å². The van der Waals surface area contributed by atoms with E-state index in [4.69, 9.17) is 0 Å². The standard InChI is InChI=1S/C11H17N3OS/c1-14(2)11(15)10-8-9(4-5-13-10)12-6-7-16-3/h4-5,8H,6-7H2,1-3H3,(H,12,13). The van der Waals surface area contributed by atoms with E-state index in [0.29, 0.717) is 5.69 Å². The van der Waals surface area contributed by atoms with Gasteiger partial charge in [-0.15, -0.1) is 0 Å². The molecule has 5 heteroatoms. The number of carbonyl (C=O) groups excluding carboxylic acids is 1. The van der Waals surface area contributed by atoms with E-state index in [2.05, 4.69) is 16.6 Å². The van der Waals surface area contributed by atoms with Gasteiger partial charge in [0, 0.05) is 38.3 Å². The Bertz CT molecular complexity index is 355. The van der Waals surface area contributed by atoms with Crippen molar-refractivity contribution in [2.75, 3.05) is 38.0 Å². The Morgan fingerprint density at radius 3 is 2.94 bits per heavy atom. The first-order valence-electron chi connectivity index (χ1n) is 5.05. The topological polar surface area (TPSA) is 45.2 Å². The summed E-state index contributed by atoms with van der Waals surface area (Å²) in [6.07, 6.45) is 3.72. The molecule has 16 heavy (non-hydrogen) atoms. The average Bonchev–Trinajstić information content (AvgIpc) is 2.29. The summed E-state index contributed by atoms with van der Waals surface area (Å²) in [6.45, 7) is 0.890. The van der Waals surface area contributed by atoms with Crippen LogP contribution in [0.5, 0.6) is 0 Å². The lowest BCUT2D eigenvalue weighted by molar-refractivity contribution is 0.0822. The summed E-state index contributed by atoms with van der Waals surface area (Å²) in [5, 5.41) is 3.25. The van der Waals surface area contributed by atoms with Crippen molar-refractivity contribution in [3.05, 3.63) is 24.0 Å². The third-order valence-electron chi connectivity index (χ3n) is 2.02. The van der Waals surface area contributed by atoms with Gasteiger partial charge in [-0.3, -0.25) is 9.78 Å². The number of aromatic nitrogens is 1. The summed E-state index contributed by atoms with van der Waals surface area (Å²) >= 11 is 1.78. The highest BCUT2D eigenvalue weighted by molar-refractivity contribution is 7.98. The fourth-order valence-corrected chi connectivity index (χ4v) is 1.49. The monoisotopic (exact) mass is 239 g/mol. The van der Waals surface area contributed by atoms with Gasteiger partial charge in [0.15, 0.2) is 0 Å². The van der Waals surface area contributed by atoms with Crippen LogP contribution in [-0.4, -0.2) is 48.4 Å². The minimum Gasteiger partial charge on any atom is -0.384 e. The Kier molecular flexibility index (Phi) is 5.11. The quantitative estimate of drug-likeness (QED) is 0.792. The third kappa shape index (κ3) is 3.73. The lowest BCUT2D eigenvalue weighted by Gasteiger charge is -2.11. The second-order valence-electron chi connectivity index (χ2n) is 3.55. The molecule has 1 heterocycles. The molecule has 0 aliphatic rings. The number of nitrogens with one attached hydrogen (secondary N) is 1. The highest BCUT2D eigenvalue weighted by Crippen LogP contribution is 2.09. The first kappa shape index (κ1) is 12.8. The molecule has 0 fully saturated rings. The first-order valence-corrected chi connectivity index (χ1v) is 6.45. The molecule has 0 aromatic carbocycles. The SMILES string of the molecule is CSCCNc1ccnc(C(=O)N(C)C)c1. The number of nitrogens with zero attached hydrogens (tertiary/aromatic N) is 2. The van der Waals surface area contributed by atoms with Crippen LogP contribution in [0.15, 0.2) is 18.3 Å². The van der Waals surface area contributed by atoms with Gasteiger partial charge < -0.3 is 10.2 Å². The number of anilines is 1. The van der Waals surface area contributed by atoms with Crippen molar-refractivity contribution in [2.45, 2.75) is 0 Å². The van der Waals surface area contributed by atoms with E-state index in [1.54, 1.807) is 38.1 Å². The lowest BCUT2D eigenvalue weighted by atomic mass is 10.3. The van der Waals surface area contributed by atoms with Crippen LogP contribution in [0.4, 0.5) is 5.69 Å². The largest absolute Gasteiger partial charge is 0.384 e. The van der Waals surface area contributed by atoms with Gasteiger partial charge in [0.2, 0.25) is 0 Å². The van der Waals surface area contributed by atoms with Crippen LogP contribution in [0.3, 0.4) is 0 Å². The van der Waals surface area contributed by atoms with Gasteiger partial charge in [-0.25, -0.2) is 0 Å². The number of pyridine rings is 1. The van der Waals surface area contributed by atoms with E-state index in [1.807, 2.05) is 6.07 Å². The molecule has 0 aliphatic carbocycles. The summed E-state index contributed by atoms with van der Waals surface area (Å²) in [5.41, 5.74) is 1.41. The van der Waals surface area contributed by atoms with Crippen molar-refractivity contribution >= 4 is 23.4 Å². The van der Waals surface area contributed by atoms with Gasteiger partial charge in [0.05, 0.1) is 0 Å². The molecule has 0 radical (unpaired) electrons. The molecule has 1 aromatic heterocycles. The molecule has 1 N–H and O–H groups in total. The Hall–Kier alpha value is -1.23. The minimum atomic E-state index is -0.0754. The van der Waals surface area contributed by atoms with Gasteiger partial charge in [-0.1, -0.05) is 0 Å². The van der Waals surface area contributed by atoms with E-state index >= 15 is 0 Å². The Morgan fingerprint density at radius 1 is 1.56 bits per heavy atom. The zero-order chi connectivity index (χ0) is 12.0. The van der Waals surface area contributed by atoms with Crippen LogP contribution in [0.1, 0.15) is 10.5 Å². The Labute approximate surface area is 100 Å². The van der Waals surface area contributed by atoms with Crippen molar-refractivity contribution < 1.29 is 4.79 Å². The van der Waals surface area contributed by atoms with Crippen molar-refractivity contribution in [2.24, 2.45) is 0 Å². The molecule has 1 amide bonds. The molecule has 0 saturated carbocycles. The zero-order valence-corrected chi connectivity index (χ0v) is 10.7. The fourth-order valence-electron chi connectivity index (χ4n) is 1.18. The third-order valence-corrected chi connectivity index (χ3v) is 2.63. The minimum absolute atomic E-state index is 0.0754. The van der Waals surface area contributed by atoms with E-state index in [9.17, 15) is 4.79 Å². The number of hydrogen-bond acceptors (Lipinski definition) is 4. The number of carbonyl (C=O) groups is 1. The van der Waals surface area contributed by atoms with Gasteiger partial charge in [0.1, 0.15) is 5.69 Å². The van der Waals surface area contributed by atoms with Crippen molar-refractivity contribution in [3.63, 3.8) is 0 Å². The summed E-state index contributed by atoms with van der Waals surface area (Å²) in [7, 11) is 3.44. The van der Waals surface area contributed by atoms with Crippen LogP contribution in [0.2, 0.25) is 0 Å². The predicted molar refractivity (Wildman–Crippen MR) is 69.1 cm³/mol. The molecule has 0 spiro atoms. The summed E-state index contributed by atoms with van der Waals surface area (Å²) in [6, 6.07) is 3.65. The molecule has 0 unspecified atom stereocenters. The van der Waals surface area contributed by atoms with Crippen molar-refractivity contribution in [1.82, 2.24) is 9.88 Å². The number of hydrogen-bond donors (Lipinski definition) is 1. The molecule has 0 saturated heterocycles. The summed E-state index contributed by atoms with van der Waals surface area (Å²) < 4.78 is 0. The average molecular weight is 239 g/mol. The first-order chi connectivity index (χ1) is 7.65. The Balaban J connectivity index is 2.67. The Morgan fingerprint density at radius 2 is 2.31 bits per heavy atom. The molecular formula is C11H17N3OS. The zero-order valence-electron chi connectivity index (χ0n) is 9.86. The maximum absolute atomic E-state index is 11.7. The summed E-state index contributed by atoms with van der Waals surface area (Å²) in [5.74, 6) is 0.966. The second kappa shape index (κ2) is 6.37. The maximum Gasteiger partial charge on any atom is 0.272 e. The molecule has 4 nitrogen and oxygen atoms in total. The van der Waals surface area contributed by atoms with Crippen molar-refractivity contribution in [3.8, 4) is 0 Å². The molecule has 1 rings (SSSR count). The molecule has 0 bridgehead atoms. The van der Waals surface area contributed by atoms with E-state index in [0.717, 1.165) is 18.0 Å². The maximum atomic E-state index is 11.7. The van der Waals surface area contributed by atoms with E-state index in [-0.39, 0.29) is 5.91 Å². The summed E-state index contributed by atoms with van der Waals surface area (Å²) in [4.78, 5) is 17.2. The van der Waals surface area contributed by atoms with Crippen LogP contribution in [-0.2, 0) is 0 Å². The molecule has 0 atom stereocenters. The highest BCUT2D eigenvalue weighted by atomic mass is 32.2. The number of thioether (sulfide) groups is 1. The number of amides is 1. The van der Waals surface area contributed by atoms with Gasteiger partial charge in [-0.2, -0.15) is 11.8 Å². The van der Waals surface area contributed by atoms with Crippen LogP contribution < -0.4 is 5.32 Å².